The number of hydrogen-bond donors (Lipinski definition) is 0. The normalized spacial score (nSPS) is 11.0. The highest BCUT2D eigenvalue weighted by Crippen LogP contribution is 2.30. The summed E-state index contributed by atoms with van der Waals surface area (Å²) in [5, 5.41) is 7.71. The van der Waals surface area contributed by atoms with Crippen molar-refractivity contribution in [2.75, 3.05) is 0 Å². The molecule has 0 atom stereocenters. The highest BCUT2D eigenvalue weighted by molar-refractivity contribution is 6.29. The van der Waals surface area contributed by atoms with Crippen molar-refractivity contribution in [3.63, 3.8) is 0 Å². The number of hydrogen-bond acceptors (Lipinski definition) is 5. The highest BCUT2D eigenvalue weighted by atomic mass is 35.5. The Kier molecular flexibility index (Phi) is 5.51. The van der Waals surface area contributed by atoms with Crippen LogP contribution in [0.4, 0.5) is 8.78 Å². The molecule has 0 spiro atoms. The molecule has 10 heteroatoms. The van der Waals surface area contributed by atoms with Crippen molar-refractivity contribution < 1.29 is 13.5 Å². The Morgan fingerprint density at radius 3 is 2.55 bits per heavy atom. The quantitative estimate of drug-likeness (QED) is 0.438. The third kappa shape index (κ3) is 4.04. The molecular weight excluding hydrogens is 428 g/mol. The molecule has 2 aromatic heterocycles. The Morgan fingerprint density at radius 2 is 1.84 bits per heavy atom. The van der Waals surface area contributed by atoms with Crippen molar-refractivity contribution in [3.8, 4) is 22.7 Å². The van der Waals surface area contributed by atoms with E-state index in [0.717, 1.165) is 27.1 Å². The van der Waals surface area contributed by atoms with Crippen LogP contribution in [0.2, 0.25) is 5.15 Å². The van der Waals surface area contributed by atoms with E-state index in [-0.39, 0.29) is 28.8 Å². The minimum atomic E-state index is -0.759. The number of tetrazole rings is 1. The monoisotopic (exact) mass is 443 g/mol. The van der Waals surface area contributed by atoms with Crippen LogP contribution in [0.15, 0.2) is 53.3 Å². The predicted octanol–water partition coefficient (Wildman–Crippen LogP) is 3.85. The summed E-state index contributed by atoms with van der Waals surface area (Å²) in [7, 11) is 1.48. The fraction of sp³-hybridized carbons (Fsp3) is 0.143. The van der Waals surface area contributed by atoms with Gasteiger partial charge >= 0.3 is 5.69 Å². The maximum Gasteiger partial charge on any atom is 0.368 e. The summed E-state index contributed by atoms with van der Waals surface area (Å²) in [4.78, 5) is 16.2. The van der Waals surface area contributed by atoms with E-state index < -0.39 is 17.3 Å². The molecule has 4 rings (SSSR count). The van der Waals surface area contributed by atoms with E-state index in [2.05, 4.69) is 15.4 Å². The van der Waals surface area contributed by atoms with E-state index in [1.807, 2.05) is 13.0 Å². The zero-order valence-electron chi connectivity index (χ0n) is 16.5. The Labute approximate surface area is 180 Å². The molecule has 31 heavy (non-hydrogen) atoms. The molecule has 2 heterocycles. The van der Waals surface area contributed by atoms with Crippen LogP contribution >= 0.6 is 11.6 Å². The van der Waals surface area contributed by atoms with Crippen molar-refractivity contribution in [3.05, 3.63) is 86.9 Å². The fourth-order valence-electron chi connectivity index (χ4n) is 3.08. The van der Waals surface area contributed by atoms with Gasteiger partial charge < -0.3 is 4.74 Å². The Balaban J connectivity index is 1.66. The molecule has 0 aliphatic rings. The van der Waals surface area contributed by atoms with Gasteiger partial charge in [-0.15, -0.1) is 0 Å². The van der Waals surface area contributed by atoms with Gasteiger partial charge in [-0.2, -0.15) is 9.36 Å². The summed E-state index contributed by atoms with van der Waals surface area (Å²) < 4.78 is 37.1. The van der Waals surface area contributed by atoms with Crippen LogP contribution in [-0.2, 0) is 13.7 Å². The number of aryl methyl sites for hydroxylation is 2. The molecule has 0 fully saturated rings. The lowest BCUT2D eigenvalue weighted by molar-refractivity contribution is 0.287. The molecule has 0 N–H and O–H groups in total. The second kappa shape index (κ2) is 8.27. The van der Waals surface area contributed by atoms with Gasteiger partial charge in [0.05, 0.1) is 11.4 Å². The van der Waals surface area contributed by atoms with Gasteiger partial charge in [-0.25, -0.2) is 18.6 Å². The molecular formula is C21H16ClF2N5O2. The van der Waals surface area contributed by atoms with Gasteiger partial charge in [-0.3, -0.25) is 0 Å². The second-order valence-corrected chi connectivity index (χ2v) is 7.15. The molecule has 0 unspecified atom stereocenters. The topological polar surface area (TPSA) is 74.8 Å². The van der Waals surface area contributed by atoms with Crippen LogP contribution in [0.3, 0.4) is 0 Å². The lowest BCUT2D eigenvalue weighted by atomic mass is 10.1. The molecule has 0 aliphatic heterocycles. The van der Waals surface area contributed by atoms with Gasteiger partial charge in [-0.05, 0) is 47.2 Å². The summed E-state index contributed by atoms with van der Waals surface area (Å²) in [6, 6.07) is 11.9. The number of rotatable bonds is 5. The highest BCUT2D eigenvalue weighted by Gasteiger charge is 2.17. The second-order valence-electron chi connectivity index (χ2n) is 6.77. The molecule has 4 aromatic rings. The van der Waals surface area contributed by atoms with Gasteiger partial charge in [0.1, 0.15) is 17.6 Å². The molecule has 0 saturated heterocycles. The number of halogens is 3. The first kappa shape index (κ1) is 20.7. The first-order valence-corrected chi connectivity index (χ1v) is 9.55. The van der Waals surface area contributed by atoms with Crippen LogP contribution in [0.1, 0.15) is 11.1 Å². The zero-order valence-corrected chi connectivity index (χ0v) is 17.3. The van der Waals surface area contributed by atoms with E-state index in [0.29, 0.717) is 11.3 Å². The van der Waals surface area contributed by atoms with Gasteiger partial charge in [-0.1, -0.05) is 29.8 Å². The van der Waals surface area contributed by atoms with Crippen LogP contribution in [-0.4, -0.2) is 24.8 Å². The number of pyridine rings is 1. The minimum Gasteiger partial charge on any atom is -0.486 e. The lowest BCUT2D eigenvalue weighted by Crippen LogP contribution is -2.23. The smallest absolute Gasteiger partial charge is 0.368 e. The number of nitrogens with zero attached hydrogens (tertiary/aromatic N) is 5. The van der Waals surface area contributed by atoms with Crippen molar-refractivity contribution >= 4 is 11.6 Å². The average molecular weight is 444 g/mol. The van der Waals surface area contributed by atoms with E-state index in [1.54, 1.807) is 24.3 Å². The Morgan fingerprint density at radius 1 is 1.06 bits per heavy atom. The predicted molar refractivity (Wildman–Crippen MR) is 110 cm³/mol. The maximum atomic E-state index is 14.7. The number of aromatic nitrogens is 5. The number of benzene rings is 2. The summed E-state index contributed by atoms with van der Waals surface area (Å²) in [5.41, 5.74) is 1.55. The van der Waals surface area contributed by atoms with Crippen molar-refractivity contribution in [2.24, 2.45) is 7.05 Å². The van der Waals surface area contributed by atoms with Crippen LogP contribution in [0.5, 0.6) is 5.75 Å². The first-order chi connectivity index (χ1) is 14.8. The van der Waals surface area contributed by atoms with E-state index in [9.17, 15) is 13.6 Å². The van der Waals surface area contributed by atoms with Gasteiger partial charge in [0, 0.05) is 24.2 Å². The number of ether oxygens (including phenoxy) is 1. The standard InChI is InChI=1S/C21H16ClF2N5O2/c1-12-5-3-7-18(29-21(30)28(2)26-27-29)14(12)11-31-19-10-15(23)13(9-16(19)24)17-6-4-8-20(22)25-17/h3-10H,11H2,1-2H3. The average Bonchev–Trinajstić information content (AvgIpc) is 3.07. The van der Waals surface area contributed by atoms with Gasteiger partial charge in [0.2, 0.25) is 0 Å². The summed E-state index contributed by atoms with van der Waals surface area (Å²) in [6.45, 7) is 1.70. The lowest BCUT2D eigenvalue weighted by Gasteiger charge is -2.14. The van der Waals surface area contributed by atoms with Crippen molar-refractivity contribution in [1.82, 2.24) is 24.8 Å². The Hall–Kier alpha value is -3.59. The van der Waals surface area contributed by atoms with Crippen LogP contribution in [0, 0.1) is 18.6 Å². The maximum absolute atomic E-state index is 14.7. The summed E-state index contributed by atoms with van der Waals surface area (Å²) in [6.07, 6.45) is 0. The minimum absolute atomic E-state index is 0.0324. The molecule has 0 radical (unpaired) electrons. The van der Waals surface area contributed by atoms with Crippen molar-refractivity contribution in [1.29, 1.82) is 0 Å². The largest absolute Gasteiger partial charge is 0.486 e. The summed E-state index contributed by atoms with van der Waals surface area (Å²) >= 11 is 5.84. The first-order valence-electron chi connectivity index (χ1n) is 9.18. The molecule has 2 aromatic carbocycles. The summed E-state index contributed by atoms with van der Waals surface area (Å²) in [5.74, 6) is -1.74. The molecule has 0 bridgehead atoms. The Bertz CT molecular complexity index is 1340. The molecule has 0 aliphatic carbocycles. The zero-order chi connectivity index (χ0) is 22.1. The fourth-order valence-corrected chi connectivity index (χ4v) is 3.25. The molecule has 158 valence electrons. The third-order valence-corrected chi connectivity index (χ3v) is 4.93. The SMILES string of the molecule is Cc1cccc(-n2nnn(C)c2=O)c1COc1cc(F)c(-c2cccc(Cl)n2)cc1F. The third-order valence-electron chi connectivity index (χ3n) is 4.72. The van der Waals surface area contributed by atoms with Gasteiger partial charge in [0.25, 0.3) is 0 Å². The van der Waals surface area contributed by atoms with E-state index >= 15 is 0 Å². The van der Waals surface area contributed by atoms with E-state index in [4.69, 9.17) is 16.3 Å². The molecule has 0 saturated carbocycles. The molecule has 7 nitrogen and oxygen atoms in total. The van der Waals surface area contributed by atoms with Crippen molar-refractivity contribution in [2.45, 2.75) is 13.5 Å². The van der Waals surface area contributed by atoms with Crippen LogP contribution < -0.4 is 10.4 Å². The van der Waals surface area contributed by atoms with E-state index in [1.165, 1.54) is 13.1 Å². The van der Waals surface area contributed by atoms with Crippen LogP contribution in [0.25, 0.3) is 16.9 Å². The van der Waals surface area contributed by atoms with Gasteiger partial charge in [0.15, 0.2) is 11.6 Å². The molecule has 0 amide bonds.